The molecule has 0 bridgehead atoms. The predicted octanol–water partition coefficient (Wildman–Crippen LogP) is 3.01. The van der Waals surface area contributed by atoms with Crippen LogP contribution in [0, 0.1) is 0 Å². The number of carbonyl (C=O) groups is 1. The molecule has 0 radical (unpaired) electrons. The first-order valence-corrected chi connectivity index (χ1v) is 8.71. The van der Waals surface area contributed by atoms with Crippen LogP contribution in [0.25, 0.3) is 0 Å². The largest absolute Gasteiger partial charge is 0.337 e. The molecule has 0 saturated carbocycles. The molecule has 1 aliphatic rings. The van der Waals surface area contributed by atoms with Crippen LogP contribution in [-0.2, 0) is 0 Å². The fraction of sp³-hybridized carbons (Fsp3) is 0.333. The Labute approximate surface area is 141 Å². The van der Waals surface area contributed by atoms with E-state index in [-0.39, 0.29) is 5.91 Å². The number of nitrogens with zero attached hydrogens (tertiary/aromatic N) is 3. The number of aromatic nitrogens is 1. The molecule has 1 fully saturated rings. The molecule has 0 aliphatic carbocycles. The summed E-state index contributed by atoms with van der Waals surface area (Å²) in [4.78, 5) is 22.7. The lowest BCUT2D eigenvalue weighted by Gasteiger charge is -2.21. The second kappa shape index (κ2) is 7.62. The van der Waals surface area contributed by atoms with Gasteiger partial charge in [-0.05, 0) is 44.3 Å². The third-order valence-electron chi connectivity index (χ3n) is 3.97. The molecule has 0 N–H and O–H groups in total. The summed E-state index contributed by atoms with van der Waals surface area (Å²) in [7, 11) is 2.11. The highest BCUT2D eigenvalue weighted by molar-refractivity contribution is 7.99. The van der Waals surface area contributed by atoms with Gasteiger partial charge in [0, 0.05) is 30.7 Å². The van der Waals surface area contributed by atoms with E-state index in [4.69, 9.17) is 0 Å². The molecule has 5 heteroatoms. The van der Waals surface area contributed by atoms with Gasteiger partial charge in [0.05, 0.1) is 5.56 Å². The molecule has 2 aromatic rings. The normalized spacial score (nSPS) is 16.1. The van der Waals surface area contributed by atoms with Crippen molar-refractivity contribution in [2.24, 2.45) is 0 Å². The van der Waals surface area contributed by atoms with Gasteiger partial charge in [-0.25, -0.2) is 4.98 Å². The van der Waals surface area contributed by atoms with E-state index in [0.717, 1.165) is 42.5 Å². The molecule has 1 saturated heterocycles. The van der Waals surface area contributed by atoms with Crippen LogP contribution in [0.4, 0.5) is 0 Å². The van der Waals surface area contributed by atoms with Crippen molar-refractivity contribution in [1.29, 1.82) is 0 Å². The number of hydrogen-bond acceptors (Lipinski definition) is 4. The van der Waals surface area contributed by atoms with Gasteiger partial charge in [0.1, 0.15) is 5.03 Å². The van der Waals surface area contributed by atoms with E-state index in [2.05, 4.69) is 16.9 Å². The van der Waals surface area contributed by atoms with Gasteiger partial charge >= 0.3 is 0 Å². The number of pyridine rings is 1. The average Bonchev–Trinajstić information content (AvgIpc) is 2.80. The lowest BCUT2D eigenvalue weighted by atomic mass is 10.2. The maximum Gasteiger partial charge on any atom is 0.256 e. The second-order valence-electron chi connectivity index (χ2n) is 5.72. The van der Waals surface area contributed by atoms with Crippen molar-refractivity contribution in [3.05, 3.63) is 54.2 Å². The molecular formula is C18H21N3OS. The topological polar surface area (TPSA) is 36.4 Å². The Hall–Kier alpha value is -1.85. The van der Waals surface area contributed by atoms with Gasteiger partial charge in [-0.2, -0.15) is 0 Å². The minimum atomic E-state index is 0.0897. The van der Waals surface area contributed by atoms with Crippen molar-refractivity contribution in [3.8, 4) is 0 Å². The number of benzene rings is 1. The molecule has 0 atom stereocenters. The quantitative estimate of drug-likeness (QED) is 0.868. The first kappa shape index (κ1) is 16.0. The summed E-state index contributed by atoms with van der Waals surface area (Å²) in [5, 5.41) is 0.779. The van der Waals surface area contributed by atoms with Gasteiger partial charge in [0.15, 0.2) is 0 Å². The lowest BCUT2D eigenvalue weighted by Crippen LogP contribution is -2.34. The van der Waals surface area contributed by atoms with Crippen LogP contribution < -0.4 is 0 Å². The van der Waals surface area contributed by atoms with E-state index in [1.807, 2.05) is 47.4 Å². The van der Waals surface area contributed by atoms with Crippen LogP contribution in [0.3, 0.4) is 0 Å². The summed E-state index contributed by atoms with van der Waals surface area (Å²) in [6.45, 7) is 3.56. The first-order valence-electron chi connectivity index (χ1n) is 7.90. The van der Waals surface area contributed by atoms with Gasteiger partial charge in [-0.3, -0.25) is 4.79 Å². The summed E-state index contributed by atoms with van der Waals surface area (Å²) < 4.78 is 0. The Morgan fingerprint density at radius 1 is 1.04 bits per heavy atom. The highest BCUT2D eigenvalue weighted by Crippen LogP contribution is 2.29. The number of hydrogen-bond donors (Lipinski definition) is 0. The van der Waals surface area contributed by atoms with Gasteiger partial charge in [-0.1, -0.05) is 30.0 Å². The number of likely N-dealkylation sites (N-methyl/N-ethyl adjacent to an activating group) is 1. The van der Waals surface area contributed by atoms with Crippen molar-refractivity contribution in [1.82, 2.24) is 14.8 Å². The standard InChI is InChI=1S/C18H21N3OS/c1-20-11-6-12-21(14-13-20)18(22)16-9-5-10-19-17(16)23-15-7-3-2-4-8-15/h2-5,7-10H,6,11-14H2,1H3. The van der Waals surface area contributed by atoms with Gasteiger partial charge in [0.25, 0.3) is 5.91 Å². The maximum absolute atomic E-state index is 12.9. The fourth-order valence-corrected chi connectivity index (χ4v) is 3.55. The van der Waals surface area contributed by atoms with E-state index in [0.29, 0.717) is 5.56 Å². The molecule has 120 valence electrons. The molecular weight excluding hydrogens is 306 g/mol. The Balaban J connectivity index is 1.80. The summed E-state index contributed by atoms with van der Waals surface area (Å²) in [6.07, 6.45) is 2.77. The molecule has 0 unspecified atom stereocenters. The molecule has 0 spiro atoms. The van der Waals surface area contributed by atoms with E-state index < -0.39 is 0 Å². The van der Waals surface area contributed by atoms with Crippen molar-refractivity contribution < 1.29 is 4.79 Å². The van der Waals surface area contributed by atoms with Crippen molar-refractivity contribution in [2.75, 3.05) is 33.2 Å². The van der Waals surface area contributed by atoms with Crippen LogP contribution in [0.15, 0.2) is 58.6 Å². The van der Waals surface area contributed by atoms with Gasteiger partial charge in [0.2, 0.25) is 0 Å². The highest BCUT2D eigenvalue weighted by atomic mass is 32.2. The van der Waals surface area contributed by atoms with Crippen LogP contribution in [-0.4, -0.2) is 53.9 Å². The maximum atomic E-state index is 12.9. The summed E-state index contributed by atoms with van der Waals surface area (Å²) >= 11 is 1.54. The molecule has 2 heterocycles. The smallest absolute Gasteiger partial charge is 0.256 e. The van der Waals surface area contributed by atoms with E-state index in [1.54, 1.807) is 18.0 Å². The van der Waals surface area contributed by atoms with Crippen LogP contribution in [0.1, 0.15) is 16.8 Å². The third kappa shape index (κ3) is 4.12. The molecule has 4 nitrogen and oxygen atoms in total. The molecule has 1 aromatic heterocycles. The Morgan fingerprint density at radius 3 is 2.70 bits per heavy atom. The minimum Gasteiger partial charge on any atom is -0.337 e. The number of carbonyl (C=O) groups excluding carboxylic acids is 1. The Bertz CT molecular complexity index is 662. The predicted molar refractivity (Wildman–Crippen MR) is 92.8 cm³/mol. The highest BCUT2D eigenvalue weighted by Gasteiger charge is 2.22. The number of amides is 1. The average molecular weight is 327 g/mol. The molecule has 1 amide bonds. The zero-order chi connectivity index (χ0) is 16.1. The van der Waals surface area contributed by atoms with Crippen molar-refractivity contribution in [3.63, 3.8) is 0 Å². The SMILES string of the molecule is CN1CCCN(C(=O)c2cccnc2Sc2ccccc2)CC1. The van der Waals surface area contributed by atoms with Gasteiger partial charge in [-0.15, -0.1) is 0 Å². The molecule has 3 rings (SSSR count). The molecule has 23 heavy (non-hydrogen) atoms. The monoisotopic (exact) mass is 327 g/mol. The zero-order valence-corrected chi connectivity index (χ0v) is 14.1. The Kier molecular flexibility index (Phi) is 5.31. The zero-order valence-electron chi connectivity index (χ0n) is 13.3. The van der Waals surface area contributed by atoms with Gasteiger partial charge < -0.3 is 9.80 Å². The van der Waals surface area contributed by atoms with E-state index in [1.165, 1.54) is 0 Å². The van der Waals surface area contributed by atoms with Crippen LogP contribution in [0.2, 0.25) is 0 Å². The van der Waals surface area contributed by atoms with Crippen LogP contribution in [0.5, 0.6) is 0 Å². The Morgan fingerprint density at radius 2 is 1.87 bits per heavy atom. The first-order chi connectivity index (χ1) is 11.2. The van der Waals surface area contributed by atoms with Crippen LogP contribution >= 0.6 is 11.8 Å². The molecule has 1 aliphatic heterocycles. The van der Waals surface area contributed by atoms with E-state index >= 15 is 0 Å². The fourth-order valence-electron chi connectivity index (χ4n) is 2.66. The summed E-state index contributed by atoms with van der Waals surface area (Å²) in [5.41, 5.74) is 0.700. The second-order valence-corrected chi connectivity index (χ2v) is 6.78. The summed E-state index contributed by atoms with van der Waals surface area (Å²) in [5.74, 6) is 0.0897. The minimum absolute atomic E-state index is 0.0897. The third-order valence-corrected chi connectivity index (χ3v) is 4.99. The molecule has 1 aromatic carbocycles. The number of rotatable bonds is 3. The van der Waals surface area contributed by atoms with Crippen molar-refractivity contribution in [2.45, 2.75) is 16.3 Å². The van der Waals surface area contributed by atoms with Crippen molar-refractivity contribution >= 4 is 17.7 Å². The lowest BCUT2D eigenvalue weighted by molar-refractivity contribution is 0.0758. The van der Waals surface area contributed by atoms with E-state index in [9.17, 15) is 4.79 Å². The summed E-state index contributed by atoms with van der Waals surface area (Å²) in [6, 6.07) is 13.8.